The SMILES string of the molecule is O=C(Nc1ccc2c(c1)N(C(=O)[C@H]1CCCO1)CC2)c1ccc(C(F)(F)F)cc1. The Labute approximate surface area is 165 Å². The number of ether oxygens (including phenoxy) is 1. The maximum atomic E-state index is 12.7. The topological polar surface area (TPSA) is 58.6 Å². The maximum Gasteiger partial charge on any atom is 0.416 e. The molecule has 0 aliphatic carbocycles. The number of hydrogen-bond donors (Lipinski definition) is 1. The van der Waals surface area contributed by atoms with Gasteiger partial charge in [0, 0.05) is 30.1 Å². The molecule has 4 rings (SSSR count). The normalized spacial score (nSPS) is 18.6. The zero-order valence-corrected chi connectivity index (χ0v) is 15.5. The van der Waals surface area contributed by atoms with Gasteiger partial charge in [0.2, 0.25) is 0 Å². The minimum atomic E-state index is -4.45. The van der Waals surface area contributed by atoms with Crippen LogP contribution in [0, 0.1) is 0 Å². The second kappa shape index (κ2) is 7.51. The summed E-state index contributed by atoms with van der Waals surface area (Å²) >= 11 is 0. The fourth-order valence-corrected chi connectivity index (χ4v) is 3.65. The molecule has 29 heavy (non-hydrogen) atoms. The molecule has 1 atom stereocenters. The molecular formula is C21H19F3N2O3. The number of carbonyl (C=O) groups is 2. The Bertz CT molecular complexity index is 935. The van der Waals surface area contributed by atoms with Crippen LogP contribution in [-0.2, 0) is 22.1 Å². The smallest absolute Gasteiger partial charge is 0.368 e. The highest BCUT2D eigenvalue weighted by atomic mass is 19.4. The Morgan fingerprint density at radius 2 is 1.86 bits per heavy atom. The molecule has 2 aliphatic rings. The summed E-state index contributed by atoms with van der Waals surface area (Å²) in [5.41, 5.74) is 1.51. The van der Waals surface area contributed by atoms with Crippen molar-refractivity contribution in [2.45, 2.75) is 31.5 Å². The summed E-state index contributed by atoms with van der Waals surface area (Å²) < 4.78 is 43.5. The molecule has 0 unspecified atom stereocenters. The summed E-state index contributed by atoms with van der Waals surface area (Å²) in [7, 11) is 0. The van der Waals surface area contributed by atoms with E-state index in [-0.39, 0.29) is 11.5 Å². The lowest BCUT2D eigenvalue weighted by Gasteiger charge is -2.21. The van der Waals surface area contributed by atoms with Crippen molar-refractivity contribution < 1.29 is 27.5 Å². The minimum absolute atomic E-state index is 0.0764. The number of nitrogens with one attached hydrogen (secondary N) is 1. The van der Waals surface area contributed by atoms with Crippen molar-refractivity contribution in [3.8, 4) is 0 Å². The molecule has 2 amide bonds. The number of amides is 2. The largest absolute Gasteiger partial charge is 0.416 e. The quantitative estimate of drug-likeness (QED) is 0.841. The van der Waals surface area contributed by atoms with Gasteiger partial charge in [-0.05, 0) is 61.2 Å². The van der Waals surface area contributed by atoms with Crippen molar-refractivity contribution in [3.63, 3.8) is 0 Å². The molecular weight excluding hydrogens is 385 g/mol. The summed E-state index contributed by atoms with van der Waals surface area (Å²) in [6.07, 6.45) is -2.59. The maximum absolute atomic E-state index is 12.7. The van der Waals surface area contributed by atoms with Gasteiger partial charge in [-0.15, -0.1) is 0 Å². The number of fused-ring (bicyclic) bond motifs is 1. The zero-order valence-electron chi connectivity index (χ0n) is 15.5. The van der Waals surface area contributed by atoms with Crippen LogP contribution < -0.4 is 10.2 Å². The molecule has 5 nitrogen and oxygen atoms in total. The Balaban J connectivity index is 1.49. The number of benzene rings is 2. The van der Waals surface area contributed by atoms with Crippen LogP contribution >= 0.6 is 0 Å². The van der Waals surface area contributed by atoms with E-state index in [1.54, 1.807) is 17.0 Å². The summed E-state index contributed by atoms with van der Waals surface area (Å²) in [6.45, 7) is 1.14. The van der Waals surface area contributed by atoms with E-state index in [2.05, 4.69) is 5.32 Å². The fourth-order valence-electron chi connectivity index (χ4n) is 3.65. The number of nitrogens with zero attached hydrogens (tertiary/aromatic N) is 1. The summed E-state index contributed by atoms with van der Waals surface area (Å²) in [5, 5.41) is 2.69. The highest BCUT2D eigenvalue weighted by Crippen LogP contribution is 2.33. The van der Waals surface area contributed by atoms with Crippen LogP contribution in [0.2, 0.25) is 0 Å². The van der Waals surface area contributed by atoms with E-state index in [4.69, 9.17) is 4.74 Å². The summed E-state index contributed by atoms with van der Waals surface area (Å²) in [6, 6.07) is 9.31. The second-order valence-electron chi connectivity index (χ2n) is 7.11. The van der Waals surface area contributed by atoms with Crippen LogP contribution in [0.5, 0.6) is 0 Å². The van der Waals surface area contributed by atoms with Crippen LogP contribution in [0.3, 0.4) is 0 Å². The van der Waals surface area contributed by atoms with Gasteiger partial charge in [-0.1, -0.05) is 6.07 Å². The lowest BCUT2D eigenvalue weighted by Crippen LogP contribution is -2.37. The number of anilines is 2. The third kappa shape index (κ3) is 3.98. The first-order valence-electron chi connectivity index (χ1n) is 9.37. The van der Waals surface area contributed by atoms with E-state index in [1.807, 2.05) is 6.07 Å². The number of rotatable bonds is 3. The van der Waals surface area contributed by atoms with E-state index >= 15 is 0 Å². The number of halogens is 3. The van der Waals surface area contributed by atoms with Crippen molar-refractivity contribution >= 4 is 23.2 Å². The monoisotopic (exact) mass is 404 g/mol. The summed E-state index contributed by atoms with van der Waals surface area (Å²) in [4.78, 5) is 26.8. The van der Waals surface area contributed by atoms with Gasteiger partial charge >= 0.3 is 6.18 Å². The van der Waals surface area contributed by atoms with Crippen molar-refractivity contribution in [1.29, 1.82) is 0 Å². The van der Waals surface area contributed by atoms with Crippen molar-refractivity contribution in [2.75, 3.05) is 23.4 Å². The van der Waals surface area contributed by atoms with Gasteiger partial charge in [0.05, 0.1) is 5.56 Å². The van der Waals surface area contributed by atoms with Crippen molar-refractivity contribution in [2.24, 2.45) is 0 Å². The molecule has 2 aromatic rings. The van der Waals surface area contributed by atoms with E-state index in [0.29, 0.717) is 25.3 Å². The molecule has 2 heterocycles. The second-order valence-corrected chi connectivity index (χ2v) is 7.11. The third-order valence-corrected chi connectivity index (χ3v) is 5.18. The van der Waals surface area contributed by atoms with Crippen LogP contribution in [-0.4, -0.2) is 31.1 Å². The standard InChI is InChI=1S/C21H19F3N2O3/c22-21(23,24)15-6-3-14(4-7-15)19(27)25-16-8-5-13-9-10-26(17(13)12-16)20(28)18-2-1-11-29-18/h3-8,12,18H,1-2,9-11H2,(H,25,27)/t18-/m1/s1. The lowest BCUT2D eigenvalue weighted by atomic mass is 10.1. The van der Waals surface area contributed by atoms with Gasteiger partial charge in [0.15, 0.2) is 0 Å². The molecule has 0 radical (unpaired) electrons. The third-order valence-electron chi connectivity index (χ3n) is 5.18. The van der Waals surface area contributed by atoms with Gasteiger partial charge < -0.3 is 15.0 Å². The lowest BCUT2D eigenvalue weighted by molar-refractivity contribution is -0.137. The van der Waals surface area contributed by atoms with E-state index in [1.165, 1.54) is 0 Å². The average Bonchev–Trinajstić information content (AvgIpc) is 3.37. The molecule has 1 fully saturated rings. The number of alkyl halides is 3. The molecule has 2 aliphatic heterocycles. The Kier molecular flexibility index (Phi) is 5.04. The molecule has 1 N–H and O–H groups in total. The van der Waals surface area contributed by atoms with Gasteiger partial charge in [0.1, 0.15) is 6.10 Å². The molecule has 8 heteroatoms. The first kappa shape index (κ1) is 19.4. The average molecular weight is 404 g/mol. The highest BCUT2D eigenvalue weighted by molar-refractivity contribution is 6.05. The predicted molar refractivity (Wildman–Crippen MR) is 101 cm³/mol. The van der Waals surface area contributed by atoms with Crippen molar-refractivity contribution in [3.05, 3.63) is 59.2 Å². The molecule has 152 valence electrons. The number of hydrogen-bond acceptors (Lipinski definition) is 3. The molecule has 1 saturated heterocycles. The van der Waals surface area contributed by atoms with Crippen LogP contribution in [0.4, 0.5) is 24.5 Å². The first-order chi connectivity index (χ1) is 13.8. The van der Waals surface area contributed by atoms with Gasteiger partial charge in [-0.25, -0.2) is 0 Å². The first-order valence-corrected chi connectivity index (χ1v) is 9.37. The molecule has 0 saturated carbocycles. The fraction of sp³-hybridized carbons (Fsp3) is 0.333. The molecule has 0 spiro atoms. The van der Waals surface area contributed by atoms with Crippen molar-refractivity contribution in [1.82, 2.24) is 0 Å². The van der Waals surface area contributed by atoms with Gasteiger partial charge in [0.25, 0.3) is 11.8 Å². The molecule has 0 bridgehead atoms. The Hall–Kier alpha value is -2.87. The van der Waals surface area contributed by atoms with Crippen LogP contribution in [0.1, 0.15) is 34.3 Å². The Morgan fingerprint density at radius 1 is 1.10 bits per heavy atom. The predicted octanol–water partition coefficient (Wildman–Crippen LogP) is 4.03. The van der Waals surface area contributed by atoms with E-state index in [0.717, 1.165) is 48.4 Å². The number of carbonyl (C=O) groups excluding carboxylic acids is 2. The highest BCUT2D eigenvalue weighted by Gasteiger charge is 2.33. The zero-order chi connectivity index (χ0) is 20.6. The van der Waals surface area contributed by atoms with Gasteiger partial charge in [-0.3, -0.25) is 9.59 Å². The van der Waals surface area contributed by atoms with Crippen LogP contribution in [0.15, 0.2) is 42.5 Å². The minimum Gasteiger partial charge on any atom is -0.368 e. The summed E-state index contributed by atoms with van der Waals surface area (Å²) in [5.74, 6) is -0.596. The molecule has 0 aromatic heterocycles. The van der Waals surface area contributed by atoms with E-state index < -0.39 is 23.8 Å². The van der Waals surface area contributed by atoms with E-state index in [9.17, 15) is 22.8 Å². The Morgan fingerprint density at radius 3 is 2.52 bits per heavy atom. The molecule has 2 aromatic carbocycles. The van der Waals surface area contributed by atoms with Crippen LogP contribution in [0.25, 0.3) is 0 Å². The van der Waals surface area contributed by atoms with Gasteiger partial charge in [-0.2, -0.15) is 13.2 Å².